The monoisotopic (exact) mass is 213 g/mol. The second kappa shape index (κ2) is 3.80. The van der Waals surface area contributed by atoms with Crippen LogP contribution in [-0.2, 0) is 0 Å². The molecule has 0 saturated carbocycles. The van der Waals surface area contributed by atoms with Crippen LogP contribution in [-0.4, -0.2) is 24.3 Å². The Kier molecular flexibility index (Phi) is 2.29. The number of β-amino-alcohol motifs (C(OH)–C–C–N with tert-alkyl or cyclic N) is 1. The largest absolute Gasteiger partial charge is 0.395 e. The van der Waals surface area contributed by atoms with Crippen molar-refractivity contribution in [3.05, 3.63) is 54.1 Å². The molecule has 82 valence electrons. The molecule has 1 heterocycles. The molecule has 2 aliphatic rings. The van der Waals surface area contributed by atoms with Crippen LogP contribution in [0.3, 0.4) is 0 Å². The lowest BCUT2D eigenvalue weighted by molar-refractivity contribution is 0.300. The molecule has 2 heteroatoms. The Balaban J connectivity index is 2.07. The molecule has 1 aromatic carbocycles. The summed E-state index contributed by atoms with van der Waals surface area (Å²) in [6.07, 6.45) is 8.68. The van der Waals surface area contributed by atoms with E-state index in [-0.39, 0.29) is 6.61 Å². The van der Waals surface area contributed by atoms with Gasteiger partial charge in [-0.2, -0.15) is 0 Å². The van der Waals surface area contributed by atoms with Gasteiger partial charge in [-0.15, -0.1) is 0 Å². The Labute approximate surface area is 95.5 Å². The molecule has 0 amide bonds. The van der Waals surface area contributed by atoms with Gasteiger partial charge in [0, 0.05) is 18.2 Å². The number of nitrogens with zero attached hydrogens (tertiary/aromatic N) is 1. The minimum Gasteiger partial charge on any atom is -0.395 e. The van der Waals surface area contributed by atoms with Crippen LogP contribution >= 0.6 is 0 Å². The molecular formula is C14H15NO. The highest BCUT2D eigenvalue weighted by Gasteiger charge is 2.35. The van der Waals surface area contributed by atoms with Crippen molar-refractivity contribution in [1.82, 2.24) is 0 Å². The van der Waals surface area contributed by atoms with E-state index in [9.17, 15) is 0 Å². The van der Waals surface area contributed by atoms with E-state index in [0.717, 1.165) is 0 Å². The highest BCUT2D eigenvalue weighted by atomic mass is 16.3. The molecule has 1 aliphatic carbocycles. The number of para-hydroxylation sites is 1. The second-order valence-electron chi connectivity index (χ2n) is 4.26. The Bertz CT molecular complexity index is 450. The van der Waals surface area contributed by atoms with Crippen LogP contribution < -0.4 is 4.90 Å². The Morgan fingerprint density at radius 3 is 2.81 bits per heavy atom. The highest BCUT2D eigenvalue weighted by Crippen LogP contribution is 2.43. The molecule has 0 saturated heterocycles. The molecule has 2 nitrogen and oxygen atoms in total. The maximum Gasteiger partial charge on any atom is 0.0606 e. The summed E-state index contributed by atoms with van der Waals surface area (Å²) in [7, 11) is 0. The summed E-state index contributed by atoms with van der Waals surface area (Å²) >= 11 is 0. The van der Waals surface area contributed by atoms with Gasteiger partial charge in [-0.25, -0.2) is 0 Å². The summed E-state index contributed by atoms with van der Waals surface area (Å²) < 4.78 is 0. The number of benzene rings is 1. The maximum atomic E-state index is 9.16. The fourth-order valence-electron chi connectivity index (χ4n) is 2.75. The lowest BCUT2D eigenvalue weighted by Gasteiger charge is -2.27. The van der Waals surface area contributed by atoms with Gasteiger partial charge in [-0.3, -0.25) is 0 Å². The van der Waals surface area contributed by atoms with Gasteiger partial charge in [-0.1, -0.05) is 42.5 Å². The van der Waals surface area contributed by atoms with Gasteiger partial charge in [0.25, 0.3) is 0 Å². The zero-order chi connectivity index (χ0) is 11.0. The summed E-state index contributed by atoms with van der Waals surface area (Å²) in [6, 6.07) is 8.87. The van der Waals surface area contributed by atoms with Crippen molar-refractivity contribution >= 4 is 5.69 Å². The average molecular weight is 213 g/mol. The minimum atomic E-state index is 0.203. The van der Waals surface area contributed by atoms with Gasteiger partial charge in [0.2, 0.25) is 0 Å². The number of rotatable bonds is 2. The van der Waals surface area contributed by atoms with Crippen molar-refractivity contribution in [2.75, 3.05) is 18.1 Å². The molecule has 1 N–H and O–H groups in total. The van der Waals surface area contributed by atoms with Gasteiger partial charge in [-0.05, 0) is 11.6 Å². The number of aliphatic hydroxyl groups excluding tert-OH is 1. The maximum absolute atomic E-state index is 9.16. The molecule has 3 rings (SSSR count). The normalized spacial score (nSPS) is 25.7. The molecule has 16 heavy (non-hydrogen) atoms. The summed E-state index contributed by atoms with van der Waals surface area (Å²) in [6.45, 7) is 0.908. The molecule has 0 bridgehead atoms. The molecule has 1 aliphatic heterocycles. The van der Waals surface area contributed by atoms with Gasteiger partial charge in [0.1, 0.15) is 0 Å². The Hall–Kier alpha value is -1.54. The number of anilines is 1. The first-order valence-electron chi connectivity index (χ1n) is 5.73. The standard InChI is InChI=1S/C14H15NO/c16-10-9-15-13-7-3-1-5-11(13)12-6-2-4-8-14(12)15/h1-8,11,13,16H,9-10H2. The van der Waals surface area contributed by atoms with Crippen molar-refractivity contribution in [1.29, 1.82) is 0 Å². The van der Waals surface area contributed by atoms with Gasteiger partial charge >= 0.3 is 0 Å². The highest BCUT2D eigenvalue weighted by molar-refractivity contribution is 5.65. The Morgan fingerprint density at radius 2 is 1.94 bits per heavy atom. The predicted octanol–water partition coefficient (Wildman–Crippen LogP) is 2.08. The SMILES string of the molecule is OCCN1c2ccccc2C2C=CC=CC21. The fraction of sp³-hybridized carbons (Fsp3) is 0.286. The fourth-order valence-corrected chi connectivity index (χ4v) is 2.75. The smallest absolute Gasteiger partial charge is 0.0606 e. The first-order chi connectivity index (χ1) is 7.92. The molecule has 0 spiro atoms. The Morgan fingerprint density at radius 1 is 1.12 bits per heavy atom. The molecule has 2 atom stereocenters. The lowest BCUT2D eigenvalue weighted by Crippen LogP contribution is -2.34. The van der Waals surface area contributed by atoms with Crippen molar-refractivity contribution in [2.24, 2.45) is 0 Å². The zero-order valence-corrected chi connectivity index (χ0v) is 9.08. The van der Waals surface area contributed by atoms with E-state index in [1.165, 1.54) is 11.3 Å². The van der Waals surface area contributed by atoms with E-state index in [4.69, 9.17) is 5.11 Å². The van der Waals surface area contributed by atoms with Crippen LogP contribution in [0, 0.1) is 0 Å². The van der Waals surface area contributed by atoms with E-state index < -0.39 is 0 Å². The number of aliphatic hydroxyl groups is 1. The van der Waals surface area contributed by atoms with E-state index in [1.54, 1.807) is 0 Å². The number of hydrogen-bond acceptors (Lipinski definition) is 2. The third-order valence-corrected chi connectivity index (χ3v) is 3.41. The third kappa shape index (κ3) is 1.30. The quantitative estimate of drug-likeness (QED) is 0.813. The van der Waals surface area contributed by atoms with Crippen molar-refractivity contribution in [3.8, 4) is 0 Å². The second-order valence-corrected chi connectivity index (χ2v) is 4.26. The van der Waals surface area contributed by atoms with E-state index in [0.29, 0.717) is 18.5 Å². The number of allylic oxidation sites excluding steroid dienone is 2. The van der Waals surface area contributed by atoms with Crippen LogP contribution in [0.2, 0.25) is 0 Å². The molecule has 2 unspecified atom stereocenters. The summed E-state index contributed by atoms with van der Waals surface area (Å²) in [5.74, 6) is 0.452. The first kappa shape index (κ1) is 9.67. The van der Waals surface area contributed by atoms with Crippen molar-refractivity contribution < 1.29 is 5.11 Å². The van der Waals surface area contributed by atoms with Crippen LogP contribution in [0.4, 0.5) is 5.69 Å². The predicted molar refractivity (Wildman–Crippen MR) is 65.7 cm³/mol. The van der Waals surface area contributed by atoms with Gasteiger partial charge in [0.05, 0.1) is 12.6 Å². The van der Waals surface area contributed by atoms with E-state index in [2.05, 4.69) is 53.5 Å². The van der Waals surface area contributed by atoms with Crippen LogP contribution in [0.25, 0.3) is 0 Å². The van der Waals surface area contributed by atoms with Crippen molar-refractivity contribution in [3.63, 3.8) is 0 Å². The zero-order valence-electron chi connectivity index (χ0n) is 9.08. The van der Waals surface area contributed by atoms with E-state index >= 15 is 0 Å². The van der Waals surface area contributed by atoms with Crippen LogP contribution in [0.15, 0.2) is 48.6 Å². The minimum absolute atomic E-state index is 0.203. The van der Waals surface area contributed by atoms with Gasteiger partial charge in [0.15, 0.2) is 0 Å². The summed E-state index contributed by atoms with van der Waals surface area (Å²) in [5, 5.41) is 9.16. The molecule has 1 aromatic rings. The topological polar surface area (TPSA) is 23.5 Å². The molecule has 0 fully saturated rings. The van der Waals surface area contributed by atoms with E-state index in [1.807, 2.05) is 0 Å². The van der Waals surface area contributed by atoms with Crippen LogP contribution in [0.5, 0.6) is 0 Å². The summed E-state index contributed by atoms with van der Waals surface area (Å²) in [4.78, 5) is 2.29. The number of hydrogen-bond donors (Lipinski definition) is 1. The molecular weight excluding hydrogens is 198 g/mol. The van der Waals surface area contributed by atoms with Crippen LogP contribution in [0.1, 0.15) is 11.5 Å². The average Bonchev–Trinajstić information content (AvgIpc) is 2.66. The van der Waals surface area contributed by atoms with Crippen molar-refractivity contribution in [2.45, 2.75) is 12.0 Å². The molecule has 0 aromatic heterocycles. The van der Waals surface area contributed by atoms with Gasteiger partial charge < -0.3 is 10.0 Å². The lowest BCUT2D eigenvalue weighted by atomic mass is 9.91. The first-order valence-corrected chi connectivity index (χ1v) is 5.73. The molecule has 0 radical (unpaired) electrons. The third-order valence-electron chi connectivity index (χ3n) is 3.41. The number of fused-ring (bicyclic) bond motifs is 3. The summed E-state index contributed by atoms with van der Waals surface area (Å²) in [5.41, 5.74) is 2.64.